The summed E-state index contributed by atoms with van der Waals surface area (Å²) in [4.78, 5) is 28.6. The van der Waals surface area contributed by atoms with Crippen LogP contribution >= 0.6 is 0 Å². The van der Waals surface area contributed by atoms with Crippen LogP contribution in [-0.2, 0) is 4.79 Å². The van der Waals surface area contributed by atoms with Gasteiger partial charge >= 0.3 is 0 Å². The number of rotatable bonds is 9. The summed E-state index contributed by atoms with van der Waals surface area (Å²) in [6.45, 7) is 9.59. The van der Waals surface area contributed by atoms with Crippen LogP contribution in [-0.4, -0.2) is 74.1 Å². The number of hydrogen-bond donors (Lipinski definition) is 1. The molecule has 1 fully saturated rings. The topological polar surface area (TPSA) is 71.1 Å². The molecule has 0 saturated carbocycles. The van der Waals surface area contributed by atoms with E-state index in [-0.39, 0.29) is 17.9 Å². The van der Waals surface area contributed by atoms with E-state index < -0.39 is 0 Å². The van der Waals surface area contributed by atoms with E-state index in [0.717, 1.165) is 12.8 Å². The van der Waals surface area contributed by atoms with Crippen LogP contribution in [0.4, 0.5) is 0 Å². The average molecular weight is 392 g/mol. The second-order valence-electron chi connectivity index (χ2n) is 7.36. The third-order valence-corrected chi connectivity index (χ3v) is 4.64. The van der Waals surface area contributed by atoms with Crippen LogP contribution in [0.1, 0.15) is 44.0 Å². The molecule has 0 spiro atoms. The van der Waals surface area contributed by atoms with Crippen molar-refractivity contribution in [2.45, 2.75) is 39.7 Å². The maximum Gasteiger partial charge on any atom is 0.254 e. The van der Waals surface area contributed by atoms with Gasteiger partial charge in [-0.1, -0.05) is 13.3 Å². The fourth-order valence-corrected chi connectivity index (χ4v) is 3.11. The molecule has 0 atom stereocenters. The Morgan fingerprint density at radius 2 is 1.86 bits per heavy atom. The third kappa shape index (κ3) is 6.41. The van der Waals surface area contributed by atoms with Gasteiger partial charge in [0.2, 0.25) is 5.91 Å². The highest BCUT2D eigenvalue weighted by Gasteiger charge is 2.24. The highest BCUT2D eigenvalue weighted by atomic mass is 16.5. The molecule has 0 aliphatic carbocycles. The Labute approximate surface area is 168 Å². The smallest absolute Gasteiger partial charge is 0.254 e. The minimum absolute atomic E-state index is 0.0234. The van der Waals surface area contributed by atoms with Crippen molar-refractivity contribution < 1.29 is 19.1 Å². The van der Waals surface area contributed by atoms with Crippen LogP contribution in [0.25, 0.3) is 0 Å². The lowest BCUT2D eigenvalue weighted by Crippen LogP contribution is -2.51. The Balaban J connectivity index is 1.91. The van der Waals surface area contributed by atoms with Crippen molar-refractivity contribution >= 4 is 11.8 Å². The zero-order valence-electron chi connectivity index (χ0n) is 17.5. The molecule has 1 aromatic carbocycles. The summed E-state index contributed by atoms with van der Waals surface area (Å²) in [5.74, 6) is 1.24. The van der Waals surface area contributed by atoms with Crippen molar-refractivity contribution in [3.05, 3.63) is 23.8 Å². The maximum atomic E-state index is 12.8. The van der Waals surface area contributed by atoms with Crippen LogP contribution in [0.3, 0.4) is 0 Å². The maximum absolute atomic E-state index is 12.8. The number of nitrogens with one attached hydrogen (secondary N) is 1. The molecule has 0 unspecified atom stereocenters. The molecule has 156 valence electrons. The summed E-state index contributed by atoms with van der Waals surface area (Å²) in [5, 5.41) is 2.90. The minimum Gasteiger partial charge on any atom is -0.493 e. The zero-order chi connectivity index (χ0) is 20.5. The van der Waals surface area contributed by atoms with E-state index in [1.807, 2.05) is 18.7 Å². The normalized spacial score (nSPS) is 14.8. The van der Waals surface area contributed by atoms with Crippen molar-refractivity contribution in [3.63, 3.8) is 0 Å². The van der Waals surface area contributed by atoms with Gasteiger partial charge in [0.15, 0.2) is 11.5 Å². The number of amides is 2. The summed E-state index contributed by atoms with van der Waals surface area (Å²) in [6.07, 6.45) is 2.04. The van der Waals surface area contributed by atoms with Crippen molar-refractivity contribution in [2.24, 2.45) is 0 Å². The van der Waals surface area contributed by atoms with Crippen LogP contribution < -0.4 is 14.8 Å². The van der Waals surface area contributed by atoms with Gasteiger partial charge in [-0.25, -0.2) is 0 Å². The van der Waals surface area contributed by atoms with Gasteiger partial charge in [-0.05, 0) is 38.5 Å². The Morgan fingerprint density at radius 1 is 1.14 bits per heavy atom. The zero-order valence-corrected chi connectivity index (χ0v) is 17.5. The molecule has 0 radical (unpaired) electrons. The summed E-state index contributed by atoms with van der Waals surface area (Å²) < 4.78 is 11.1. The molecule has 28 heavy (non-hydrogen) atoms. The van der Waals surface area contributed by atoms with Crippen molar-refractivity contribution in [1.29, 1.82) is 0 Å². The summed E-state index contributed by atoms with van der Waals surface area (Å²) in [6, 6.07) is 5.47. The van der Waals surface area contributed by atoms with Crippen molar-refractivity contribution in [2.75, 3.05) is 46.4 Å². The summed E-state index contributed by atoms with van der Waals surface area (Å²) >= 11 is 0. The number of ether oxygens (including phenoxy) is 2. The summed E-state index contributed by atoms with van der Waals surface area (Å²) in [7, 11) is 1.58. The lowest BCUT2D eigenvalue weighted by molar-refractivity contribution is -0.123. The predicted octanol–water partition coefficient (Wildman–Crippen LogP) is 2.16. The molecule has 7 nitrogen and oxygen atoms in total. The van der Waals surface area contributed by atoms with E-state index in [1.165, 1.54) is 0 Å². The van der Waals surface area contributed by atoms with Crippen LogP contribution in [0.5, 0.6) is 11.5 Å². The van der Waals surface area contributed by atoms with Gasteiger partial charge in [0.05, 0.1) is 20.3 Å². The molecule has 1 aliphatic heterocycles. The van der Waals surface area contributed by atoms with Gasteiger partial charge in [0, 0.05) is 37.8 Å². The van der Waals surface area contributed by atoms with Gasteiger partial charge in [0.1, 0.15) is 0 Å². The molecule has 1 aromatic rings. The van der Waals surface area contributed by atoms with E-state index in [1.54, 1.807) is 25.3 Å². The number of piperazine rings is 1. The Hall–Kier alpha value is -2.28. The van der Waals surface area contributed by atoms with E-state index in [0.29, 0.717) is 56.4 Å². The van der Waals surface area contributed by atoms with E-state index in [2.05, 4.69) is 17.1 Å². The van der Waals surface area contributed by atoms with Gasteiger partial charge in [-0.2, -0.15) is 0 Å². The second-order valence-corrected chi connectivity index (χ2v) is 7.36. The number of carbonyl (C=O) groups is 2. The Bertz CT molecular complexity index is 655. The Morgan fingerprint density at radius 3 is 2.46 bits per heavy atom. The third-order valence-electron chi connectivity index (χ3n) is 4.64. The van der Waals surface area contributed by atoms with Gasteiger partial charge in [0.25, 0.3) is 5.91 Å². The number of benzene rings is 1. The average Bonchev–Trinajstić information content (AvgIpc) is 2.67. The largest absolute Gasteiger partial charge is 0.493 e. The molecule has 0 aromatic heterocycles. The predicted molar refractivity (Wildman–Crippen MR) is 109 cm³/mol. The fraction of sp³-hybridized carbons (Fsp3) is 0.619. The quantitative estimate of drug-likeness (QED) is 0.653. The monoisotopic (exact) mass is 391 g/mol. The van der Waals surface area contributed by atoms with E-state index >= 15 is 0 Å². The van der Waals surface area contributed by atoms with Crippen molar-refractivity contribution in [1.82, 2.24) is 15.1 Å². The highest BCUT2D eigenvalue weighted by Crippen LogP contribution is 2.29. The minimum atomic E-state index is -0.0234. The highest BCUT2D eigenvalue weighted by molar-refractivity contribution is 5.95. The standard InChI is InChI=1S/C21H33N3O4/c1-5-6-13-28-18-8-7-17(14-19(18)27-4)21(26)24-11-9-23(10-12-24)15-20(25)22-16(2)3/h7-8,14,16H,5-6,9-13,15H2,1-4H3,(H,22,25). The summed E-state index contributed by atoms with van der Waals surface area (Å²) in [5.41, 5.74) is 0.589. The first kappa shape index (κ1) is 22.0. The Kier molecular flexibility index (Phi) is 8.57. The first-order valence-electron chi connectivity index (χ1n) is 10.1. The van der Waals surface area contributed by atoms with Crippen LogP contribution in [0, 0.1) is 0 Å². The molecule has 2 rings (SSSR count). The first-order chi connectivity index (χ1) is 13.4. The van der Waals surface area contributed by atoms with Gasteiger partial charge < -0.3 is 19.7 Å². The number of unbranched alkanes of at least 4 members (excludes halogenated alkanes) is 1. The number of carbonyl (C=O) groups excluding carboxylic acids is 2. The molecule has 1 saturated heterocycles. The van der Waals surface area contributed by atoms with Crippen molar-refractivity contribution in [3.8, 4) is 11.5 Å². The van der Waals surface area contributed by atoms with Crippen LogP contribution in [0.15, 0.2) is 18.2 Å². The molecular weight excluding hydrogens is 358 g/mol. The lowest BCUT2D eigenvalue weighted by Gasteiger charge is -2.34. The van der Waals surface area contributed by atoms with E-state index in [4.69, 9.17) is 9.47 Å². The molecule has 1 aliphatic rings. The second kappa shape index (κ2) is 10.9. The number of hydrogen-bond acceptors (Lipinski definition) is 5. The van der Waals surface area contributed by atoms with Gasteiger partial charge in [-0.15, -0.1) is 0 Å². The van der Waals surface area contributed by atoms with Crippen LogP contribution in [0.2, 0.25) is 0 Å². The lowest BCUT2D eigenvalue weighted by atomic mass is 10.1. The molecule has 1 N–H and O–H groups in total. The van der Waals surface area contributed by atoms with E-state index in [9.17, 15) is 9.59 Å². The van der Waals surface area contributed by atoms with Gasteiger partial charge in [-0.3, -0.25) is 14.5 Å². The first-order valence-corrected chi connectivity index (χ1v) is 10.1. The molecule has 2 amide bonds. The number of methoxy groups -OCH3 is 1. The molecule has 0 bridgehead atoms. The SMILES string of the molecule is CCCCOc1ccc(C(=O)N2CCN(CC(=O)NC(C)C)CC2)cc1OC. The number of nitrogens with zero attached hydrogens (tertiary/aromatic N) is 2. The molecule has 7 heteroatoms. The molecular formula is C21H33N3O4. The molecule has 1 heterocycles. The fourth-order valence-electron chi connectivity index (χ4n) is 3.11.